The predicted molar refractivity (Wildman–Crippen MR) is 114 cm³/mol. The van der Waals surface area contributed by atoms with E-state index in [9.17, 15) is 0 Å². The van der Waals surface area contributed by atoms with Gasteiger partial charge in [0.05, 0.1) is 18.4 Å². The average Bonchev–Trinajstić information content (AvgIpc) is 2.89. The minimum atomic E-state index is 0.155. The van der Waals surface area contributed by atoms with Crippen molar-refractivity contribution in [1.82, 2.24) is 9.55 Å². The molecule has 3 aromatic rings. The van der Waals surface area contributed by atoms with E-state index in [2.05, 4.69) is 49.6 Å². The van der Waals surface area contributed by atoms with E-state index in [1.807, 2.05) is 32.2 Å². The Morgan fingerprint density at radius 1 is 1.07 bits per heavy atom. The molecule has 3 nitrogen and oxygen atoms in total. The molecule has 1 aromatic heterocycles. The molecule has 27 heavy (non-hydrogen) atoms. The number of rotatable bonds is 4. The van der Waals surface area contributed by atoms with Crippen molar-refractivity contribution < 1.29 is 4.74 Å². The zero-order valence-corrected chi connectivity index (χ0v) is 18.2. The molecule has 0 spiro atoms. The van der Waals surface area contributed by atoms with Gasteiger partial charge in [-0.15, -0.1) is 0 Å². The molecule has 0 aliphatic heterocycles. The molecule has 0 aliphatic rings. The van der Waals surface area contributed by atoms with E-state index < -0.39 is 0 Å². The molecule has 1 heterocycles. The molecule has 0 bridgehead atoms. The second-order valence-electron chi connectivity index (χ2n) is 7.61. The largest absolute Gasteiger partial charge is 0.496 e. The van der Waals surface area contributed by atoms with Gasteiger partial charge in [0.15, 0.2) is 0 Å². The summed E-state index contributed by atoms with van der Waals surface area (Å²) in [4.78, 5) is 5.98. The monoisotopic (exact) mass is 400 g/mol. The van der Waals surface area contributed by atoms with Crippen LogP contribution in [0.5, 0.6) is 5.75 Å². The Morgan fingerprint density at radius 3 is 2.33 bits per heavy atom. The van der Waals surface area contributed by atoms with Gasteiger partial charge in [-0.2, -0.15) is 0 Å². The lowest BCUT2D eigenvalue weighted by Gasteiger charge is -2.19. The van der Waals surface area contributed by atoms with E-state index in [0.29, 0.717) is 5.02 Å². The molecule has 0 aliphatic carbocycles. The fourth-order valence-electron chi connectivity index (χ4n) is 2.99. The Kier molecular flexibility index (Phi) is 5.59. The number of hydrogen-bond acceptors (Lipinski definition) is 3. The van der Waals surface area contributed by atoms with Crippen LogP contribution in [0.2, 0.25) is 5.02 Å². The Morgan fingerprint density at radius 2 is 1.74 bits per heavy atom. The van der Waals surface area contributed by atoms with Gasteiger partial charge in [0, 0.05) is 17.0 Å². The Balaban J connectivity index is 1.96. The van der Waals surface area contributed by atoms with Crippen molar-refractivity contribution in [1.29, 1.82) is 0 Å². The van der Waals surface area contributed by atoms with Crippen LogP contribution >= 0.6 is 23.4 Å². The van der Waals surface area contributed by atoms with Gasteiger partial charge in [-0.05, 0) is 48.2 Å². The lowest BCUT2D eigenvalue weighted by molar-refractivity contribution is 0.416. The molecule has 0 fully saturated rings. The van der Waals surface area contributed by atoms with Gasteiger partial charge in [0.25, 0.3) is 0 Å². The number of ether oxygens (including phenoxy) is 1. The number of methoxy groups -OCH3 is 1. The van der Waals surface area contributed by atoms with E-state index in [-0.39, 0.29) is 5.41 Å². The third kappa shape index (κ3) is 4.17. The van der Waals surface area contributed by atoms with Crippen LogP contribution < -0.4 is 4.74 Å². The van der Waals surface area contributed by atoms with Crippen LogP contribution in [0.1, 0.15) is 32.0 Å². The van der Waals surface area contributed by atoms with Gasteiger partial charge in [-0.3, -0.25) is 0 Å². The quantitative estimate of drug-likeness (QED) is 0.499. The number of imidazole rings is 1. The highest BCUT2D eigenvalue weighted by atomic mass is 35.5. The van der Waals surface area contributed by atoms with E-state index in [4.69, 9.17) is 21.3 Å². The summed E-state index contributed by atoms with van der Waals surface area (Å²) in [5.74, 6) is 1.61. The van der Waals surface area contributed by atoms with E-state index in [1.54, 1.807) is 18.9 Å². The second kappa shape index (κ2) is 7.61. The number of nitrogens with zero attached hydrogens (tertiary/aromatic N) is 2. The first-order valence-electron chi connectivity index (χ1n) is 8.86. The number of aryl methyl sites for hydroxylation is 1. The summed E-state index contributed by atoms with van der Waals surface area (Å²) in [5, 5.41) is 1.77. The van der Waals surface area contributed by atoms with Crippen LogP contribution in [0.15, 0.2) is 52.4 Å². The van der Waals surface area contributed by atoms with Gasteiger partial charge in [0.1, 0.15) is 16.6 Å². The molecule has 0 atom stereocenters. The first-order chi connectivity index (χ1) is 12.7. The SMILES string of the molecule is COc1ccc(Cl)cc1-c1nc(C)c(Sc2ccc(C(C)(C)C)cc2)n1C. The van der Waals surface area contributed by atoms with Gasteiger partial charge >= 0.3 is 0 Å². The van der Waals surface area contributed by atoms with Gasteiger partial charge in [-0.25, -0.2) is 4.98 Å². The van der Waals surface area contributed by atoms with Crippen molar-refractivity contribution in [2.75, 3.05) is 7.11 Å². The molecule has 3 rings (SSSR count). The number of aromatic nitrogens is 2. The summed E-state index contributed by atoms with van der Waals surface area (Å²) < 4.78 is 7.61. The third-order valence-electron chi connectivity index (χ3n) is 4.54. The maximum Gasteiger partial charge on any atom is 0.144 e. The fraction of sp³-hybridized carbons (Fsp3) is 0.318. The molecule has 0 radical (unpaired) electrons. The summed E-state index contributed by atoms with van der Waals surface area (Å²) in [5.41, 5.74) is 3.37. The Bertz CT molecular complexity index is 956. The summed E-state index contributed by atoms with van der Waals surface area (Å²) in [6.07, 6.45) is 0. The third-order valence-corrected chi connectivity index (χ3v) is 6.05. The highest BCUT2D eigenvalue weighted by Gasteiger charge is 2.18. The number of hydrogen-bond donors (Lipinski definition) is 0. The topological polar surface area (TPSA) is 27.1 Å². The average molecular weight is 401 g/mol. The van der Waals surface area contributed by atoms with Crippen LogP contribution in [-0.4, -0.2) is 16.7 Å². The first-order valence-corrected chi connectivity index (χ1v) is 10.1. The van der Waals surface area contributed by atoms with Crippen molar-refractivity contribution in [2.45, 2.75) is 43.0 Å². The molecule has 0 saturated heterocycles. The normalized spacial score (nSPS) is 11.7. The maximum absolute atomic E-state index is 6.21. The summed E-state index contributed by atoms with van der Waals surface area (Å²) in [6, 6.07) is 14.4. The molecule has 0 N–H and O–H groups in total. The van der Waals surface area contributed by atoms with Gasteiger partial charge < -0.3 is 9.30 Å². The molecule has 142 valence electrons. The zero-order valence-electron chi connectivity index (χ0n) is 16.6. The van der Waals surface area contributed by atoms with Gasteiger partial charge in [0.2, 0.25) is 0 Å². The lowest BCUT2D eigenvalue weighted by Crippen LogP contribution is -2.10. The Hall–Kier alpha value is -1.91. The smallest absolute Gasteiger partial charge is 0.144 e. The minimum absolute atomic E-state index is 0.155. The number of benzene rings is 2. The molecular weight excluding hydrogens is 376 g/mol. The van der Waals surface area contributed by atoms with Crippen LogP contribution in [0.25, 0.3) is 11.4 Å². The van der Waals surface area contributed by atoms with E-state index >= 15 is 0 Å². The van der Waals surface area contributed by atoms with Crippen LogP contribution in [0.4, 0.5) is 0 Å². The van der Waals surface area contributed by atoms with Crippen LogP contribution in [0, 0.1) is 6.92 Å². The zero-order chi connectivity index (χ0) is 19.8. The van der Waals surface area contributed by atoms with Crippen molar-refractivity contribution in [2.24, 2.45) is 7.05 Å². The molecule has 2 aromatic carbocycles. The fourth-order valence-corrected chi connectivity index (χ4v) is 4.08. The van der Waals surface area contributed by atoms with Crippen molar-refractivity contribution in [3.8, 4) is 17.1 Å². The van der Waals surface area contributed by atoms with Crippen molar-refractivity contribution >= 4 is 23.4 Å². The summed E-state index contributed by atoms with van der Waals surface area (Å²) in [6.45, 7) is 8.72. The molecule has 0 amide bonds. The highest BCUT2D eigenvalue weighted by molar-refractivity contribution is 7.99. The van der Waals surface area contributed by atoms with Gasteiger partial charge in [-0.1, -0.05) is 56.3 Å². The summed E-state index contributed by atoms with van der Waals surface area (Å²) >= 11 is 7.93. The molecule has 0 saturated carbocycles. The van der Waals surface area contributed by atoms with Crippen molar-refractivity contribution in [3.63, 3.8) is 0 Å². The second-order valence-corrected chi connectivity index (χ2v) is 9.10. The Labute approximate surface area is 170 Å². The predicted octanol–water partition coefficient (Wildman–Crippen LogP) is 6.51. The minimum Gasteiger partial charge on any atom is -0.496 e. The van der Waals surface area contributed by atoms with E-state index in [0.717, 1.165) is 27.9 Å². The van der Waals surface area contributed by atoms with Crippen LogP contribution in [-0.2, 0) is 12.5 Å². The summed E-state index contributed by atoms with van der Waals surface area (Å²) in [7, 11) is 3.69. The van der Waals surface area contributed by atoms with E-state index in [1.165, 1.54) is 10.5 Å². The molecule has 5 heteroatoms. The van der Waals surface area contributed by atoms with Crippen LogP contribution in [0.3, 0.4) is 0 Å². The first kappa shape index (κ1) is 19.8. The van der Waals surface area contributed by atoms with Crippen molar-refractivity contribution in [3.05, 3.63) is 58.7 Å². The molecule has 0 unspecified atom stereocenters. The standard InChI is InChI=1S/C22H25ClN2OS/c1-14-21(27-17-10-7-15(8-11-17)22(2,3)4)25(5)20(24-14)18-13-16(23)9-12-19(18)26-6/h7-13H,1-6H3. The molecular formula is C22H25ClN2OS. The maximum atomic E-state index is 6.21. The lowest BCUT2D eigenvalue weighted by atomic mass is 9.87. The highest BCUT2D eigenvalue weighted by Crippen LogP contribution is 2.37. The number of halogens is 1.